The lowest BCUT2D eigenvalue weighted by molar-refractivity contribution is -0.385. The standard InChI is InChI=1S/C21H15N3O6/c1-30-11-4-2-10(3-5-11)23-13-7-6-12(22)16-17(13)21(27)18-14(24(28)29)8-9-15(25)19(18)20(16)26/h2-9,23,25H,22H2,1H3. The van der Waals surface area contributed by atoms with Crippen molar-refractivity contribution < 1.29 is 24.4 Å². The third kappa shape index (κ3) is 2.80. The summed E-state index contributed by atoms with van der Waals surface area (Å²) < 4.78 is 5.11. The first-order valence-electron chi connectivity index (χ1n) is 8.76. The molecule has 0 amide bonds. The highest BCUT2D eigenvalue weighted by Crippen LogP contribution is 2.42. The number of nitrogens with zero attached hydrogens (tertiary/aromatic N) is 1. The molecular weight excluding hydrogens is 390 g/mol. The van der Waals surface area contributed by atoms with Crippen molar-refractivity contribution in [3.63, 3.8) is 0 Å². The summed E-state index contributed by atoms with van der Waals surface area (Å²) in [5.41, 5.74) is 5.21. The van der Waals surface area contributed by atoms with Gasteiger partial charge in [0.2, 0.25) is 11.6 Å². The van der Waals surface area contributed by atoms with Crippen molar-refractivity contribution in [1.82, 2.24) is 0 Å². The summed E-state index contributed by atoms with van der Waals surface area (Å²) in [6.07, 6.45) is 0. The predicted molar refractivity (Wildman–Crippen MR) is 109 cm³/mol. The minimum Gasteiger partial charge on any atom is -0.507 e. The molecule has 150 valence electrons. The summed E-state index contributed by atoms with van der Waals surface area (Å²) in [7, 11) is 1.53. The molecule has 4 rings (SSSR count). The van der Waals surface area contributed by atoms with Crippen LogP contribution in [0.1, 0.15) is 31.8 Å². The van der Waals surface area contributed by atoms with Gasteiger partial charge in [0, 0.05) is 17.4 Å². The van der Waals surface area contributed by atoms with Crippen LogP contribution in [0.3, 0.4) is 0 Å². The summed E-state index contributed by atoms with van der Waals surface area (Å²) in [6.45, 7) is 0. The number of hydrogen-bond acceptors (Lipinski definition) is 8. The molecule has 0 aromatic heterocycles. The number of phenols is 1. The average molecular weight is 405 g/mol. The molecule has 0 radical (unpaired) electrons. The van der Waals surface area contributed by atoms with Crippen LogP contribution in [0.2, 0.25) is 0 Å². The average Bonchev–Trinajstić information content (AvgIpc) is 2.73. The van der Waals surface area contributed by atoms with Crippen LogP contribution in [0.4, 0.5) is 22.7 Å². The van der Waals surface area contributed by atoms with E-state index < -0.39 is 39.1 Å². The Hall–Kier alpha value is -4.40. The van der Waals surface area contributed by atoms with Gasteiger partial charge < -0.3 is 20.9 Å². The second kappa shape index (κ2) is 6.89. The first-order chi connectivity index (χ1) is 14.3. The number of hydrogen-bond donors (Lipinski definition) is 3. The van der Waals surface area contributed by atoms with Gasteiger partial charge in [-0.2, -0.15) is 0 Å². The fraction of sp³-hybridized carbons (Fsp3) is 0.0476. The lowest BCUT2D eigenvalue weighted by Gasteiger charge is -2.22. The number of aromatic hydroxyl groups is 1. The minimum atomic E-state index is -0.773. The number of rotatable bonds is 4. The van der Waals surface area contributed by atoms with Gasteiger partial charge in [-0.3, -0.25) is 19.7 Å². The molecule has 9 nitrogen and oxygen atoms in total. The molecule has 0 saturated heterocycles. The summed E-state index contributed by atoms with van der Waals surface area (Å²) in [5, 5.41) is 24.7. The highest BCUT2D eigenvalue weighted by molar-refractivity contribution is 6.33. The number of benzene rings is 3. The monoisotopic (exact) mass is 405 g/mol. The molecule has 9 heteroatoms. The number of nitrogen functional groups attached to an aromatic ring is 1. The molecule has 0 fully saturated rings. The summed E-state index contributed by atoms with van der Waals surface area (Å²) in [6, 6.07) is 11.8. The fourth-order valence-electron chi connectivity index (χ4n) is 3.48. The Bertz CT molecular complexity index is 1230. The summed E-state index contributed by atoms with van der Waals surface area (Å²) >= 11 is 0. The molecule has 3 aromatic rings. The van der Waals surface area contributed by atoms with E-state index in [4.69, 9.17) is 10.5 Å². The highest BCUT2D eigenvalue weighted by Gasteiger charge is 2.40. The second-order valence-electron chi connectivity index (χ2n) is 6.58. The molecule has 1 aliphatic rings. The second-order valence-corrected chi connectivity index (χ2v) is 6.58. The normalized spacial score (nSPS) is 12.2. The van der Waals surface area contributed by atoms with Crippen molar-refractivity contribution >= 4 is 34.3 Å². The van der Waals surface area contributed by atoms with Crippen LogP contribution in [0.15, 0.2) is 48.5 Å². The van der Waals surface area contributed by atoms with E-state index in [9.17, 15) is 24.8 Å². The number of phenolic OH excluding ortho intramolecular Hbond substituents is 1. The van der Waals surface area contributed by atoms with Gasteiger partial charge in [0.25, 0.3) is 5.69 Å². The molecular formula is C21H15N3O6. The van der Waals surface area contributed by atoms with E-state index in [1.165, 1.54) is 19.2 Å². The zero-order valence-electron chi connectivity index (χ0n) is 15.6. The largest absolute Gasteiger partial charge is 0.507 e. The number of fused-ring (bicyclic) bond motifs is 2. The molecule has 1 aliphatic carbocycles. The number of nitro groups is 1. The molecule has 0 heterocycles. The first kappa shape index (κ1) is 18.9. The number of nitrogens with two attached hydrogens (primary N) is 1. The topological polar surface area (TPSA) is 145 Å². The Balaban J connectivity index is 1.92. The Morgan fingerprint density at radius 3 is 2.23 bits per heavy atom. The third-order valence-corrected chi connectivity index (χ3v) is 4.87. The molecule has 30 heavy (non-hydrogen) atoms. The Labute approximate surface area is 169 Å². The third-order valence-electron chi connectivity index (χ3n) is 4.87. The van der Waals surface area contributed by atoms with Crippen LogP contribution in [-0.4, -0.2) is 28.7 Å². The van der Waals surface area contributed by atoms with E-state index in [0.29, 0.717) is 11.4 Å². The van der Waals surface area contributed by atoms with Crippen molar-refractivity contribution in [2.75, 3.05) is 18.2 Å². The molecule has 0 aliphatic heterocycles. The van der Waals surface area contributed by atoms with Gasteiger partial charge in [-0.05, 0) is 42.5 Å². The number of ketones is 2. The fourth-order valence-corrected chi connectivity index (χ4v) is 3.48. The van der Waals surface area contributed by atoms with Crippen molar-refractivity contribution in [3.05, 3.63) is 80.9 Å². The molecule has 3 aromatic carbocycles. The number of carbonyl (C=O) groups excluding carboxylic acids is 2. The van der Waals surface area contributed by atoms with E-state index in [0.717, 1.165) is 12.1 Å². The van der Waals surface area contributed by atoms with Crippen LogP contribution in [0, 0.1) is 10.1 Å². The maximum atomic E-state index is 13.3. The van der Waals surface area contributed by atoms with Gasteiger partial charge in [-0.15, -0.1) is 0 Å². The Morgan fingerprint density at radius 1 is 0.933 bits per heavy atom. The van der Waals surface area contributed by atoms with E-state index in [2.05, 4.69) is 5.32 Å². The van der Waals surface area contributed by atoms with Crippen molar-refractivity contribution in [1.29, 1.82) is 0 Å². The number of ether oxygens (including phenoxy) is 1. The number of carbonyl (C=O) groups is 2. The smallest absolute Gasteiger partial charge is 0.281 e. The highest BCUT2D eigenvalue weighted by atomic mass is 16.6. The van der Waals surface area contributed by atoms with Crippen LogP contribution in [0.5, 0.6) is 11.5 Å². The van der Waals surface area contributed by atoms with Gasteiger partial charge >= 0.3 is 0 Å². The maximum absolute atomic E-state index is 13.3. The lowest BCUT2D eigenvalue weighted by atomic mass is 9.81. The van der Waals surface area contributed by atoms with Crippen molar-refractivity contribution in [3.8, 4) is 11.5 Å². The van der Waals surface area contributed by atoms with E-state index in [1.54, 1.807) is 24.3 Å². The predicted octanol–water partition coefficient (Wildman–Crippen LogP) is 3.41. The SMILES string of the molecule is COc1ccc(Nc2ccc(N)c3c2C(=O)c2c([N+](=O)[O-])ccc(O)c2C3=O)cc1. The zero-order chi connectivity index (χ0) is 21.6. The Kier molecular flexibility index (Phi) is 4.35. The number of methoxy groups -OCH3 is 1. The van der Waals surface area contributed by atoms with Gasteiger partial charge in [0.1, 0.15) is 17.1 Å². The van der Waals surface area contributed by atoms with Gasteiger partial charge in [0.05, 0.1) is 34.4 Å². The Morgan fingerprint density at radius 2 is 1.60 bits per heavy atom. The summed E-state index contributed by atoms with van der Waals surface area (Å²) in [5.74, 6) is -1.42. The van der Waals surface area contributed by atoms with Crippen LogP contribution in [-0.2, 0) is 0 Å². The molecule has 0 saturated carbocycles. The lowest BCUT2D eigenvalue weighted by Crippen LogP contribution is -2.25. The number of nitro benzene ring substituents is 1. The van der Waals surface area contributed by atoms with Crippen molar-refractivity contribution in [2.24, 2.45) is 0 Å². The maximum Gasteiger partial charge on any atom is 0.281 e. The van der Waals surface area contributed by atoms with Crippen LogP contribution < -0.4 is 15.8 Å². The van der Waals surface area contributed by atoms with Gasteiger partial charge in [0.15, 0.2) is 0 Å². The quantitative estimate of drug-likeness (QED) is 0.266. The molecule has 0 unspecified atom stereocenters. The van der Waals surface area contributed by atoms with E-state index in [-0.39, 0.29) is 22.5 Å². The number of anilines is 3. The van der Waals surface area contributed by atoms with E-state index in [1.807, 2.05) is 0 Å². The van der Waals surface area contributed by atoms with Crippen LogP contribution in [0.25, 0.3) is 0 Å². The molecule has 0 atom stereocenters. The summed E-state index contributed by atoms with van der Waals surface area (Å²) in [4.78, 5) is 37.1. The number of nitrogens with one attached hydrogen (secondary N) is 1. The minimum absolute atomic E-state index is 0.0280. The zero-order valence-corrected chi connectivity index (χ0v) is 15.6. The van der Waals surface area contributed by atoms with Crippen LogP contribution >= 0.6 is 0 Å². The first-order valence-corrected chi connectivity index (χ1v) is 8.76. The molecule has 0 bridgehead atoms. The van der Waals surface area contributed by atoms with Gasteiger partial charge in [-0.1, -0.05) is 0 Å². The van der Waals surface area contributed by atoms with E-state index >= 15 is 0 Å². The van der Waals surface area contributed by atoms with Crippen molar-refractivity contribution in [2.45, 2.75) is 0 Å². The molecule has 4 N–H and O–H groups in total. The molecule has 0 spiro atoms. The van der Waals surface area contributed by atoms with Gasteiger partial charge in [-0.25, -0.2) is 0 Å².